The number of hydrogen-bond donors (Lipinski definition) is 1. The molecule has 0 aromatic heterocycles. The van der Waals surface area contributed by atoms with Crippen molar-refractivity contribution < 1.29 is 9.53 Å². The van der Waals surface area contributed by atoms with Crippen LogP contribution in [-0.4, -0.2) is 49.7 Å². The zero-order chi connectivity index (χ0) is 12.1. The molecule has 1 heterocycles. The smallest absolute Gasteiger partial charge is 0.236 e. The fraction of sp³-hybridized carbons (Fsp3) is 0.923. The van der Waals surface area contributed by atoms with E-state index < -0.39 is 0 Å². The van der Waals surface area contributed by atoms with Gasteiger partial charge in [-0.05, 0) is 45.1 Å². The Bertz CT molecular complexity index is 253. The normalized spacial score (nSPS) is 22.6. The van der Waals surface area contributed by atoms with Crippen LogP contribution in [0.1, 0.15) is 32.6 Å². The lowest BCUT2D eigenvalue weighted by atomic mass is 10.2. The predicted molar refractivity (Wildman–Crippen MR) is 74.1 cm³/mol. The second kappa shape index (κ2) is 7.97. The van der Waals surface area contributed by atoms with Crippen LogP contribution in [-0.2, 0) is 9.53 Å². The topological polar surface area (TPSA) is 41.6 Å². The van der Waals surface area contributed by atoms with Crippen LogP contribution in [0.25, 0.3) is 0 Å². The van der Waals surface area contributed by atoms with E-state index in [0.29, 0.717) is 6.54 Å². The third-order valence-electron chi connectivity index (χ3n) is 3.59. The molecule has 1 unspecified atom stereocenters. The monoisotopic (exact) mass is 276 g/mol. The molecule has 1 aliphatic carbocycles. The SMILES string of the molecule is CCN(CC1CCCO1)C(=O)CNCC1CC1.Cl. The Hall–Kier alpha value is -0.320. The van der Waals surface area contributed by atoms with Crippen molar-refractivity contribution in [2.24, 2.45) is 5.92 Å². The Morgan fingerprint density at radius 1 is 1.39 bits per heavy atom. The molecule has 2 fully saturated rings. The average molecular weight is 277 g/mol. The van der Waals surface area contributed by atoms with E-state index in [-0.39, 0.29) is 24.4 Å². The molecule has 2 aliphatic rings. The first-order chi connectivity index (χ1) is 8.29. The van der Waals surface area contributed by atoms with Crippen LogP contribution in [0.3, 0.4) is 0 Å². The largest absolute Gasteiger partial charge is 0.376 e. The summed E-state index contributed by atoms with van der Waals surface area (Å²) in [7, 11) is 0. The molecule has 0 bridgehead atoms. The third-order valence-corrected chi connectivity index (χ3v) is 3.59. The molecule has 1 saturated carbocycles. The molecular weight excluding hydrogens is 252 g/mol. The summed E-state index contributed by atoms with van der Waals surface area (Å²) in [6, 6.07) is 0. The summed E-state index contributed by atoms with van der Waals surface area (Å²) in [4.78, 5) is 13.9. The summed E-state index contributed by atoms with van der Waals surface area (Å²) < 4.78 is 5.57. The van der Waals surface area contributed by atoms with Crippen molar-refractivity contribution in [3.63, 3.8) is 0 Å². The molecule has 0 spiro atoms. The van der Waals surface area contributed by atoms with Crippen molar-refractivity contribution in [2.75, 3.05) is 32.8 Å². The van der Waals surface area contributed by atoms with Gasteiger partial charge >= 0.3 is 0 Å². The van der Waals surface area contributed by atoms with E-state index in [1.165, 1.54) is 12.8 Å². The number of hydrogen-bond acceptors (Lipinski definition) is 3. The summed E-state index contributed by atoms with van der Waals surface area (Å²) in [5.74, 6) is 1.04. The minimum absolute atomic E-state index is 0. The zero-order valence-electron chi connectivity index (χ0n) is 11.2. The number of amides is 1. The van der Waals surface area contributed by atoms with Crippen molar-refractivity contribution in [1.29, 1.82) is 0 Å². The van der Waals surface area contributed by atoms with E-state index >= 15 is 0 Å². The van der Waals surface area contributed by atoms with Crippen LogP contribution in [0.4, 0.5) is 0 Å². The molecule has 1 atom stereocenters. The average Bonchev–Trinajstić information content (AvgIpc) is 3.01. The molecule has 1 aliphatic heterocycles. The summed E-state index contributed by atoms with van der Waals surface area (Å²) in [6.45, 7) is 5.93. The standard InChI is InChI=1S/C13H24N2O2.ClH/c1-2-15(10-12-4-3-7-17-12)13(16)9-14-8-11-5-6-11;/h11-12,14H,2-10H2,1H3;1H. The van der Waals surface area contributed by atoms with Gasteiger partial charge in [-0.3, -0.25) is 4.79 Å². The second-order valence-electron chi connectivity index (χ2n) is 5.14. The number of rotatable bonds is 7. The predicted octanol–water partition coefficient (Wildman–Crippen LogP) is 1.44. The Morgan fingerprint density at radius 3 is 2.72 bits per heavy atom. The Kier molecular flexibility index (Phi) is 6.97. The molecular formula is C13H25ClN2O2. The first-order valence-electron chi connectivity index (χ1n) is 6.89. The molecule has 1 saturated heterocycles. The Morgan fingerprint density at radius 2 is 2.17 bits per heavy atom. The van der Waals surface area contributed by atoms with Crippen molar-refractivity contribution >= 4 is 18.3 Å². The van der Waals surface area contributed by atoms with Gasteiger partial charge in [0.15, 0.2) is 0 Å². The van der Waals surface area contributed by atoms with Crippen molar-refractivity contribution in [3.05, 3.63) is 0 Å². The number of carbonyl (C=O) groups excluding carboxylic acids is 1. The number of halogens is 1. The zero-order valence-corrected chi connectivity index (χ0v) is 12.0. The molecule has 106 valence electrons. The Labute approximate surface area is 116 Å². The maximum atomic E-state index is 12.0. The minimum atomic E-state index is 0. The van der Waals surface area contributed by atoms with E-state index in [9.17, 15) is 4.79 Å². The van der Waals surface area contributed by atoms with E-state index in [1.54, 1.807) is 0 Å². The van der Waals surface area contributed by atoms with E-state index in [4.69, 9.17) is 4.74 Å². The van der Waals surface area contributed by atoms with Crippen molar-refractivity contribution in [3.8, 4) is 0 Å². The van der Waals surface area contributed by atoms with Gasteiger partial charge in [0.2, 0.25) is 5.91 Å². The second-order valence-corrected chi connectivity index (χ2v) is 5.14. The van der Waals surface area contributed by atoms with Gasteiger partial charge in [0, 0.05) is 19.7 Å². The summed E-state index contributed by atoms with van der Waals surface area (Å²) >= 11 is 0. The quantitative estimate of drug-likeness (QED) is 0.765. The minimum Gasteiger partial charge on any atom is -0.376 e. The lowest BCUT2D eigenvalue weighted by Gasteiger charge is -2.24. The van der Waals surface area contributed by atoms with Gasteiger partial charge in [-0.1, -0.05) is 0 Å². The highest BCUT2D eigenvalue weighted by Gasteiger charge is 2.23. The van der Waals surface area contributed by atoms with Crippen LogP contribution >= 0.6 is 12.4 Å². The molecule has 0 aromatic carbocycles. The molecule has 2 rings (SSSR count). The summed E-state index contributed by atoms with van der Waals surface area (Å²) in [5, 5.41) is 3.25. The van der Waals surface area contributed by atoms with Crippen LogP contribution < -0.4 is 5.32 Å². The van der Waals surface area contributed by atoms with E-state index in [2.05, 4.69) is 5.32 Å². The van der Waals surface area contributed by atoms with Crippen molar-refractivity contribution in [2.45, 2.75) is 38.7 Å². The lowest BCUT2D eigenvalue weighted by molar-refractivity contribution is -0.131. The van der Waals surface area contributed by atoms with Gasteiger partial charge in [0.05, 0.1) is 12.6 Å². The first kappa shape index (κ1) is 15.7. The molecule has 1 amide bonds. The van der Waals surface area contributed by atoms with Gasteiger partial charge in [0.25, 0.3) is 0 Å². The number of nitrogens with one attached hydrogen (secondary N) is 1. The fourth-order valence-electron chi connectivity index (χ4n) is 2.26. The van der Waals surface area contributed by atoms with Crippen molar-refractivity contribution in [1.82, 2.24) is 10.2 Å². The highest BCUT2D eigenvalue weighted by atomic mass is 35.5. The summed E-state index contributed by atoms with van der Waals surface area (Å²) in [6.07, 6.45) is 5.15. The van der Waals surface area contributed by atoms with Gasteiger partial charge in [-0.2, -0.15) is 0 Å². The van der Waals surface area contributed by atoms with E-state index in [1.807, 2.05) is 11.8 Å². The van der Waals surface area contributed by atoms with E-state index in [0.717, 1.165) is 45.0 Å². The highest BCUT2D eigenvalue weighted by molar-refractivity contribution is 5.85. The molecule has 4 nitrogen and oxygen atoms in total. The fourth-order valence-corrected chi connectivity index (χ4v) is 2.26. The molecule has 5 heteroatoms. The molecule has 18 heavy (non-hydrogen) atoms. The number of nitrogens with zero attached hydrogens (tertiary/aromatic N) is 1. The molecule has 0 aromatic rings. The number of ether oxygens (including phenoxy) is 1. The van der Waals surface area contributed by atoms with Gasteiger partial charge < -0.3 is 15.0 Å². The molecule has 0 radical (unpaired) electrons. The Balaban J connectivity index is 0.00000162. The van der Waals surface area contributed by atoms with Crippen LogP contribution in [0.5, 0.6) is 0 Å². The maximum Gasteiger partial charge on any atom is 0.236 e. The van der Waals surface area contributed by atoms with Crippen LogP contribution in [0.2, 0.25) is 0 Å². The maximum absolute atomic E-state index is 12.0. The van der Waals surface area contributed by atoms with Gasteiger partial charge in [-0.25, -0.2) is 0 Å². The number of carbonyl (C=O) groups is 1. The molecule has 1 N–H and O–H groups in total. The van der Waals surface area contributed by atoms with Gasteiger partial charge in [-0.15, -0.1) is 12.4 Å². The number of likely N-dealkylation sites (N-methyl/N-ethyl adjacent to an activating group) is 1. The van der Waals surface area contributed by atoms with Crippen LogP contribution in [0.15, 0.2) is 0 Å². The van der Waals surface area contributed by atoms with Crippen LogP contribution in [0, 0.1) is 5.92 Å². The van der Waals surface area contributed by atoms with Gasteiger partial charge in [0.1, 0.15) is 0 Å². The highest BCUT2D eigenvalue weighted by Crippen LogP contribution is 2.27. The third kappa shape index (κ3) is 5.12. The first-order valence-corrected chi connectivity index (χ1v) is 6.89. The lowest BCUT2D eigenvalue weighted by Crippen LogP contribution is -2.42. The summed E-state index contributed by atoms with van der Waals surface area (Å²) in [5.41, 5.74) is 0.